The Balaban J connectivity index is 1.73. The molecule has 0 atom stereocenters. The quantitative estimate of drug-likeness (QED) is 0.633. The van der Waals surface area contributed by atoms with Crippen LogP contribution in [0.25, 0.3) is 0 Å². The number of carbonyl (C=O) groups excluding carboxylic acids is 1. The standard InChI is InChI=1S/C16H12Cl2N4OS/c17-13-14(18)22-16(21-13)24-9-10-3-1-2-4-12(10)15(23)20-11-5-7-19-8-6-11/h1-8H,9H2,(H,21,22)(H,19,20,23). The third kappa shape index (κ3) is 4.08. The zero-order valence-electron chi connectivity index (χ0n) is 12.3. The van der Waals surface area contributed by atoms with E-state index in [1.807, 2.05) is 18.2 Å². The normalized spacial score (nSPS) is 10.6. The summed E-state index contributed by atoms with van der Waals surface area (Å²) in [7, 11) is 0. The molecule has 5 nitrogen and oxygen atoms in total. The highest BCUT2D eigenvalue weighted by Crippen LogP contribution is 2.27. The van der Waals surface area contributed by atoms with E-state index in [0.717, 1.165) is 5.56 Å². The van der Waals surface area contributed by atoms with E-state index in [-0.39, 0.29) is 11.1 Å². The third-order valence-corrected chi connectivity index (χ3v) is 4.73. The van der Waals surface area contributed by atoms with Crippen LogP contribution in [0.5, 0.6) is 0 Å². The molecule has 2 aromatic heterocycles. The molecule has 0 aliphatic heterocycles. The molecule has 2 N–H and O–H groups in total. The zero-order chi connectivity index (χ0) is 16.9. The molecule has 0 bridgehead atoms. The molecule has 0 fully saturated rings. The number of hydrogen-bond acceptors (Lipinski definition) is 4. The van der Waals surface area contributed by atoms with Crippen molar-refractivity contribution >= 4 is 46.6 Å². The number of aromatic nitrogens is 3. The predicted molar refractivity (Wildman–Crippen MR) is 96.8 cm³/mol. The molecule has 122 valence electrons. The summed E-state index contributed by atoms with van der Waals surface area (Å²) < 4.78 is 0. The molecule has 3 rings (SSSR count). The maximum Gasteiger partial charge on any atom is 0.255 e. The first-order valence-corrected chi connectivity index (χ1v) is 8.70. The average Bonchev–Trinajstić information content (AvgIpc) is 2.92. The first-order valence-electron chi connectivity index (χ1n) is 6.96. The first kappa shape index (κ1) is 16.8. The van der Waals surface area contributed by atoms with E-state index in [0.29, 0.717) is 27.3 Å². The van der Waals surface area contributed by atoms with Crippen molar-refractivity contribution in [1.29, 1.82) is 0 Å². The Morgan fingerprint density at radius 2 is 1.92 bits per heavy atom. The molecule has 0 spiro atoms. The molecule has 0 saturated heterocycles. The molecule has 0 saturated carbocycles. The second kappa shape index (κ2) is 7.70. The summed E-state index contributed by atoms with van der Waals surface area (Å²) in [6.07, 6.45) is 3.25. The molecule has 8 heteroatoms. The fourth-order valence-electron chi connectivity index (χ4n) is 2.03. The largest absolute Gasteiger partial charge is 0.323 e. The Morgan fingerprint density at radius 1 is 1.17 bits per heavy atom. The van der Waals surface area contributed by atoms with E-state index >= 15 is 0 Å². The van der Waals surface area contributed by atoms with Gasteiger partial charge in [-0.2, -0.15) is 0 Å². The minimum Gasteiger partial charge on any atom is -0.323 e. The molecular formula is C16H12Cl2N4OS. The lowest BCUT2D eigenvalue weighted by Gasteiger charge is -2.09. The van der Waals surface area contributed by atoms with Crippen LogP contribution in [0, 0.1) is 0 Å². The van der Waals surface area contributed by atoms with Gasteiger partial charge in [-0.1, -0.05) is 53.2 Å². The second-order valence-corrected chi connectivity index (χ2v) is 6.48. The maximum atomic E-state index is 12.5. The Bertz CT molecular complexity index is 835. The van der Waals surface area contributed by atoms with Crippen LogP contribution in [0.1, 0.15) is 15.9 Å². The SMILES string of the molecule is O=C(Nc1ccncc1)c1ccccc1CSc1nc(Cl)c(Cl)[nH]1. The van der Waals surface area contributed by atoms with Crippen molar-refractivity contribution in [1.82, 2.24) is 15.0 Å². The van der Waals surface area contributed by atoms with Crippen molar-refractivity contribution in [2.75, 3.05) is 5.32 Å². The van der Waals surface area contributed by atoms with E-state index in [4.69, 9.17) is 23.2 Å². The first-order chi connectivity index (χ1) is 11.6. The van der Waals surface area contributed by atoms with Crippen LogP contribution in [0.2, 0.25) is 10.3 Å². The van der Waals surface area contributed by atoms with Gasteiger partial charge >= 0.3 is 0 Å². The number of benzene rings is 1. The van der Waals surface area contributed by atoms with Gasteiger partial charge in [-0.3, -0.25) is 9.78 Å². The summed E-state index contributed by atoms with van der Waals surface area (Å²) in [6, 6.07) is 10.9. The van der Waals surface area contributed by atoms with Crippen LogP contribution in [0.3, 0.4) is 0 Å². The van der Waals surface area contributed by atoms with Gasteiger partial charge in [0.05, 0.1) is 0 Å². The molecule has 0 unspecified atom stereocenters. The van der Waals surface area contributed by atoms with Crippen LogP contribution in [-0.2, 0) is 5.75 Å². The third-order valence-electron chi connectivity index (χ3n) is 3.16. The monoisotopic (exact) mass is 378 g/mol. The summed E-state index contributed by atoms with van der Waals surface area (Å²) in [5.74, 6) is 0.382. The number of amides is 1. The molecule has 0 aliphatic rings. The summed E-state index contributed by atoms with van der Waals surface area (Å²) in [4.78, 5) is 23.4. The van der Waals surface area contributed by atoms with Gasteiger partial charge in [0.25, 0.3) is 5.91 Å². The minimum atomic E-state index is -0.173. The van der Waals surface area contributed by atoms with Gasteiger partial charge in [0.1, 0.15) is 5.15 Å². The number of rotatable bonds is 5. The highest BCUT2D eigenvalue weighted by Gasteiger charge is 2.13. The fourth-order valence-corrected chi connectivity index (χ4v) is 3.27. The average molecular weight is 379 g/mol. The predicted octanol–water partition coefficient (Wildman–Crippen LogP) is 4.66. The van der Waals surface area contributed by atoms with Crippen LogP contribution in [0.15, 0.2) is 53.9 Å². The van der Waals surface area contributed by atoms with Crippen LogP contribution >= 0.6 is 35.0 Å². The number of imidazole rings is 1. The topological polar surface area (TPSA) is 70.7 Å². The van der Waals surface area contributed by atoms with Crippen LogP contribution < -0.4 is 5.32 Å². The second-order valence-electron chi connectivity index (χ2n) is 4.78. The molecule has 0 aliphatic carbocycles. The summed E-state index contributed by atoms with van der Waals surface area (Å²) in [5.41, 5.74) is 2.19. The smallest absolute Gasteiger partial charge is 0.255 e. The van der Waals surface area contributed by atoms with Gasteiger partial charge in [-0.25, -0.2) is 4.98 Å². The zero-order valence-corrected chi connectivity index (χ0v) is 14.6. The number of nitrogens with zero attached hydrogens (tertiary/aromatic N) is 2. The number of anilines is 1. The minimum absolute atomic E-state index is 0.173. The van der Waals surface area contributed by atoms with Crippen molar-refractivity contribution in [2.24, 2.45) is 0 Å². The number of nitrogens with one attached hydrogen (secondary N) is 2. The molecule has 0 radical (unpaired) electrons. The molecule has 1 aromatic carbocycles. The van der Waals surface area contributed by atoms with Crippen molar-refractivity contribution in [3.63, 3.8) is 0 Å². The number of halogens is 2. The lowest BCUT2D eigenvalue weighted by molar-refractivity contribution is 0.102. The van der Waals surface area contributed by atoms with Gasteiger partial charge < -0.3 is 10.3 Å². The van der Waals surface area contributed by atoms with Gasteiger partial charge in [0, 0.05) is 29.4 Å². The van der Waals surface area contributed by atoms with Crippen LogP contribution in [-0.4, -0.2) is 20.9 Å². The van der Waals surface area contributed by atoms with Gasteiger partial charge in [0.2, 0.25) is 0 Å². The van der Waals surface area contributed by atoms with Gasteiger partial charge in [-0.05, 0) is 23.8 Å². The lowest BCUT2D eigenvalue weighted by Crippen LogP contribution is -2.14. The fraction of sp³-hybridized carbons (Fsp3) is 0.0625. The van der Waals surface area contributed by atoms with Crippen LogP contribution in [0.4, 0.5) is 5.69 Å². The Labute approximate surface area is 152 Å². The molecule has 1 amide bonds. The number of thioether (sulfide) groups is 1. The van der Waals surface area contributed by atoms with Crippen molar-refractivity contribution in [3.05, 3.63) is 70.2 Å². The Hall–Kier alpha value is -2.02. The molecule has 3 aromatic rings. The molecule has 2 heterocycles. The number of pyridine rings is 1. The van der Waals surface area contributed by atoms with E-state index < -0.39 is 0 Å². The van der Waals surface area contributed by atoms with Crippen molar-refractivity contribution in [2.45, 2.75) is 10.9 Å². The van der Waals surface area contributed by atoms with E-state index in [1.165, 1.54) is 11.8 Å². The lowest BCUT2D eigenvalue weighted by atomic mass is 10.1. The maximum absolute atomic E-state index is 12.5. The number of carbonyl (C=O) groups is 1. The van der Waals surface area contributed by atoms with E-state index in [2.05, 4.69) is 20.3 Å². The number of H-pyrrole nitrogens is 1. The molecule has 24 heavy (non-hydrogen) atoms. The summed E-state index contributed by atoms with van der Waals surface area (Å²) in [5, 5.41) is 4.01. The van der Waals surface area contributed by atoms with E-state index in [1.54, 1.807) is 30.6 Å². The number of hydrogen-bond donors (Lipinski definition) is 2. The van der Waals surface area contributed by atoms with E-state index in [9.17, 15) is 4.79 Å². The Morgan fingerprint density at radius 3 is 2.62 bits per heavy atom. The van der Waals surface area contributed by atoms with Gasteiger partial charge in [0.15, 0.2) is 10.3 Å². The summed E-state index contributed by atoms with van der Waals surface area (Å²) in [6.45, 7) is 0. The summed E-state index contributed by atoms with van der Waals surface area (Å²) >= 11 is 13.1. The van der Waals surface area contributed by atoms with Crippen molar-refractivity contribution in [3.8, 4) is 0 Å². The van der Waals surface area contributed by atoms with Gasteiger partial charge in [-0.15, -0.1) is 0 Å². The highest BCUT2D eigenvalue weighted by atomic mass is 35.5. The van der Waals surface area contributed by atoms with Crippen molar-refractivity contribution < 1.29 is 4.79 Å². The Kier molecular flexibility index (Phi) is 5.40. The number of aromatic amines is 1. The molecular weight excluding hydrogens is 367 g/mol. The highest BCUT2D eigenvalue weighted by molar-refractivity contribution is 7.98.